The van der Waals surface area contributed by atoms with E-state index in [9.17, 15) is 5.11 Å². The van der Waals surface area contributed by atoms with Crippen LogP contribution < -0.4 is 5.32 Å². The molecule has 1 atom stereocenters. The van der Waals surface area contributed by atoms with E-state index < -0.39 is 0 Å². The largest absolute Gasteiger partial charge is 0.392 e. The van der Waals surface area contributed by atoms with Gasteiger partial charge in [0.1, 0.15) is 5.01 Å². The molecule has 3 nitrogen and oxygen atoms in total. The molecule has 14 heavy (non-hydrogen) atoms. The summed E-state index contributed by atoms with van der Waals surface area (Å²) in [5.41, 5.74) is 1.07. The first-order valence-corrected chi connectivity index (χ1v) is 5.77. The van der Waals surface area contributed by atoms with Crippen molar-refractivity contribution in [3.8, 4) is 0 Å². The Morgan fingerprint density at radius 2 is 2.29 bits per heavy atom. The Labute approximate surface area is 89.2 Å². The normalized spacial score (nSPS) is 13.5. The van der Waals surface area contributed by atoms with Crippen LogP contribution in [0.5, 0.6) is 0 Å². The average Bonchev–Trinajstić information content (AvgIpc) is 2.51. The summed E-state index contributed by atoms with van der Waals surface area (Å²) in [6, 6.07) is 0. The highest BCUT2D eigenvalue weighted by Gasteiger charge is 2.08. The molecule has 1 unspecified atom stereocenters. The van der Waals surface area contributed by atoms with E-state index in [1.54, 1.807) is 11.3 Å². The lowest BCUT2D eigenvalue weighted by atomic mass is 10.1. The molecule has 0 fully saturated rings. The van der Waals surface area contributed by atoms with Gasteiger partial charge in [-0.1, -0.05) is 13.8 Å². The van der Waals surface area contributed by atoms with Gasteiger partial charge in [-0.25, -0.2) is 4.98 Å². The molecule has 0 aliphatic rings. The van der Waals surface area contributed by atoms with Crippen LogP contribution in [0.15, 0.2) is 5.38 Å². The maximum Gasteiger partial charge on any atom is 0.107 e. The van der Waals surface area contributed by atoms with Crippen molar-refractivity contribution in [1.29, 1.82) is 0 Å². The topological polar surface area (TPSA) is 45.1 Å². The van der Waals surface area contributed by atoms with E-state index >= 15 is 0 Å². The van der Waals surface area contributed by atoms with E-state index in [4.69, 9.17) is 0 Å². The summed E-state index contributed by atoms with van der Waals surface area (Å²) < 4.78 is 0. The minimum atomic E-state index is -0.268. The molecule has 0 saturated heterocycles. The monoisotopic (exact) mass is 214 g/mol. The number of aryl methyl sites for hydroxylation is 1. The molecular weight excluding hydrogens is 196 g/mol. The SMILES string of the molecule is Cc1csc(CNCC(O)C(C)C)n1. The third-order valence-corrected chi connectivity index (χ3v) is 3.03. The Kier molecular flexibility index (Phi) is 4.51. The van der Waals surface area contributed by atoms with Crippen molar-refractivity contribution < 1.29 is 5.11 Å². The third-order valence-electron chi connectivity index (χ3n) is 2.07. The van der Waals surface area contributed by atoms with Gasteiger partial charge in [0.2, 0.25) is 0 Å². The zero-order valence-electron chi connectivity index (χ0n) is 8.95. The molecule has 1 heterocycles. The number of nitrogens with zero attached hydrogens (tertiary/aromatic N) is 1. The van der Waals surface area contributed by atoms with E-state index in [1.807, 2.05) is 26.2 Å². The highest BCUT2D eigenvalue weighted by Crippen LogP contribution is 2.08. The predicted octanol–water partition coefficient (Wildman–Crippen LogP) is 1.56. The van der Waals surface area contributed by atoms with Crippen LogP contribution in [0.3, 0.4) is 0 Å². The average molecular weight is 214 g/mol. The Morgan fingerprint density at radius 3 is 2.79 bits per heavy atom. The van der Waals surface area contributed by atoms with Crippen LogP contribution in [-0.2, 0) is 6.54 Å². The molecule has 0 aliphatic heterocycles. The quantitative estimate of drug-likeness (QED) is 0.782. The summed E-state index contributed by atoms with van der Waals surface area (Å²) in [4.78, 5) is 4.33. The molecular formula is C10H18N2OS. The number of aliphatic hydroxyl groups excluding tert-OH is 1. The number of aromatic nitrogens is 1. The lowest BCUT2D eigenvalue weighted by Crippen LogP contribution is -2.30. The van der Waals surface area contributed by atoms with Crippen LogP contribution >= 0.6 is 11.3 Å². The molecule has 0 saturated carbocycles. The highest BCUT2D eigenvalue weighted by atomic mass is 32.1. The van der Waals surface area contributed by atoms with Gasteiger partial charge in [-0.15, -0.1) is 11.3 Å². The Bertz CT molecular complexity index is 273. The van der Waals surface area contributed by atoms with E-state index in [-0.39, 0.29) is 6.10 Å². The number of thiazole rings is 1. The van der Waals surface area contributed by atoms with E-state index in [1.165, 1.54) is 0 Å². The number of hydrogen-bond donors (Lipinski definition) is 2. The second-order valence-electron chi connectivity index (χ2n) is 3.82. The molecule has 1 rings (SSSR count). The summed E-state index contributed by atoms with van der Waals surface area (Å²) in [5, 5.41) is 15.8. The second-order valence-corrected chi connectivity index (χ2v) is 4.77. The summed E-state index contributed by atoms with van der Waals surface area (Å²) in [7, 11) is 0. The van der Waals surface area contributed by atoms with Crippen molar-refractivity contribution in [3.63, 3.8) is 0 Å². The molecule has 80 valence electrons. The van der Waals surface area contributed by atoms with E-state index in [0.29, 0.717) is 12.5 Å². The van der Waals surface area contributed by atoms with Crippen LogP contribution in [0.4, 0.5) is 0 Å². The van der Waals surface area contributed by atoms with Crippen LogP contribution in [0.25, 0.3) is 0 Å². The molecule has 0 spiro atoms. The first kappa shape index (κ1) is 11.6. The lowest BCUT2D eigenvalue weighted by molar-refractivity contribution is 0.123. The van der Waals surface area contributed by atoms with Crippen LogP contribution in [0, 0.1) is 12.8 Å². The van der Waals surface area contributed by atoms with Crippen molar-refractivity contribution >= 4 is 11.3 Å². The predicted molar refractivity (Wildman–Crippen MR) is 59.4 cm³/mol. The number of hydrogen-bond acceptors (Lipinski definition) is 4. The standard InChI is InChI=1S/C10H18N2OS/c1-7(2)9(13)4-11-5-10-12-8(3)6-14-10/h6-7,9,11,13H,4-5H2,1-3H3. The van der Waals surface area contributed by atoms with Gasteiger partial charge in [0, 0.05) is 24.2 Å². The van der Waals surface area contributed by atoms with Gasteiger partial charge in [0.25, 0.3) is 0 Å². The van der Waals surface area contributed by atoms with Gasteiger partial charge < -0.3 is 10.4 Å². The minimum Gasteiger partial charge on any atom is -0.392 e. The fourth-order valence-electron chi connectivity index (χ4n) is 1.05. The van der Waals surface area contributed by atoms with Crippen molar-refractivity contribution in [3.05, 3.63) is 16.1 Å². The van der Waals surface area contributed by atoms with E-state index in [0.717, 1.165) is 17.2 Å². The second kappa shape index (κ2) is 5.44. The minimum absolute atomic E-state index is 0.268. The molecule has 0 aromatic carbocycles. The highest BCUT2D eigenvalue weighted by molar-refractivity contribution is 7.09. The van der Waals surface area contributed by atoms with Gasteiger partial charge >= 0.3 is 0 Å². The van der Waals surface area contributed by atoms with Gasteiger partial charge in [0.15, 0.2) is 0 Å². The van der Waals surface area contributed by atoms with Gasteiger partial charge in [-0.3, -0.25) is 0 Å². The summed E-state index contributed by atoms with van der Waals surface area (Å²) in [6.45, 7) is 7.40. The van der Waals surface area contributed by atoms with Crippen molar-refractivity contribution in [2.45, 2.75) is 33.4 Å². The maximum atomic E-state index is 9.53. The van der Waals surface area contributed by atoms with Crippen molar-refractivity contribution in [1.82, 2.24) is 10.3 Å². The summed E-state index contributed by atoms with van der Waals surface area (Å²) >= 11 is 1.65. The first-order valence-electron chi connectivity index (χ1n) is 4.89. The zero-order chi connectivity index (χ0) is 10.6. The molecule has 0 amide bonds. The molecule has 0 bridgehead atoms. The fraction of sp³-hybridized carbons (Fsp3) is 0.700. The molecule has 1 aromatic rings. The zero-order valence-corrected chi connectivity index (χ0v) is 9.77. The maximum absolute atomic E-state index is 9.53. The Morgan fingerprint density at radius 1 is 1.57 bits per heavy atom. The summed E-state index contributed by atoms with van der Waals surface area (Å²) in [6.07, 6.45) is -0.268. The summed E-state index contributed by atoms with van der Waals surface area (Å²) in [5.74, 6) is 0.306. The Balaban J connectivity index is 2.22. The van der Waals surface area contributed by atoms with Crippen LogP contribution in [-0.4, -0.2) is 22.7 Å². The van der Waals surface area contributed by atoms with E-state index in [2.05, 4.69) is 10.3 Å². The fourth-order valence-corrected chi connectivity index (χ4v) is 1.79. The molecule has 2 N–H and O–H groups in total. The van der Waals surface area contributed by atoms with Crippen molar-refractivity contribution in [2.24, 2.45) is 5.92 Å². The number of nitrogens with one attached hydrogen (secondary N) is 1. The van der Waals surface area contributed by atoms with Crippen LogP contribution in [0.2, 0.25) is 0 Å². The molecule has 0 aliphatic carbocycles. The third kappa shape index (κ3) is 3.74. The van der Waals surface area contributed by atoms with Crippen molar-refractivity contribution in [2.75, 3.05) is 6.54 Å². The van der Waals surface area contributed by atoms with Crippen LogP contribution in [0.1, 0.15) is 24.5 Å². The molecule has 1 aromatic heterocycles. The first-order chi connectivity index (χ1) is 6.59. The van der Waals surface area contributed by atoms with Gasteiger partial charge in [-0.05, 0) is 12.8 Å². The number of rotatable bonds is 5. The lowest BCUT2D eigenvalue weighted by Gasteiger charge is -2.14. The van der Waals surface area contributed by atoms with Gasteiger partial charge in [-0.2, -0.15) is 0 Å². The smallest absolute Gasteiger partial charge is 0.107 e. The number of aliphatic hydroxyl groups is 1. The molecule has 4 heteroatoms. The van der Waals surface area contributed by atoms with Gasteiger partial charge in [0.05, 0.1) is 6.10 Å². The molecule has 0 radical (unpaired) electrons. The Hall–Kier alpha value is -0.450.